The molecule has 0 spiro atoms. The summed E-state index contributed by atoms with van der Waals surface area (Å²) in [4.78, 5) is 8.90. The third-order valence-electron chi connectivity index (χ3n) is 5.49. The van der Waals surface area contributed by atoms with Crippen LogP contribution in [0.2, 0.25) is 0 Å². The minimum Gasteiger partial charge on any atom is -0.497 e. The third-order valence-corrected chi connectivity index (χ3v) is 5.49. The molecule has 0 fully saturated rings. The zero-order valence-electron chi connectivity index (χ0n) is 19.9. The molecule has 8 heteroatoms. The Kier molecular flexibility index (Phi) is 12.1. The Morgan fingerprint density at radius 3 is 2.17 bits per heavy atom. The maximum Gasteiger partial charge on any atom is 0.118 e. The van der Waals surface area contributed by atoms with E-state index in [1.165, 1.54) is 0 Å². The molecule has 0 atom stereocenters. The standard InChI is InChI=1S/C27H31N5O.2ClH/c1-33-23-10-8-21(9-11-23)26-20-27(24-6-2-3-7-25(24)32-26)31-17-5-15-28-14-4-16-30-22-12-18-29-19-13-22;;/h2-3,6-13,18-20,28H,4-5,14-17H2,1H3,(H,29,30)(H,31,32);2*1H. The van der Waals surface area contributed by atoms with Gasteiger partial charge in [-0.05, 0) is 74.5 Å². The number of hydrogen-bond acceptors (Lipinski definition) is 6. The number of rotatable bonds is 12. The van der Waals surface area contributed by atoms with Crippen LogP contribution in [0.15, 0.2) is 79.1 Å². The number of aromatic nitrogens is 2. The highest BCUT2D eigenvalue weighted by molar-refractivity contribution is 5.93. The van der Waals surface area contributed by atoms with Crippen molar-refractivity contribution in [1.29, 1.82) is 0 Å². The van der Waals surface area contributed by atoms with Gasteiger partial charge in [-0.2, -0.15) is 0 Å². The van der Waals surface area contributed by atoms with E-state index in [1.54, 1.807) is 19.5 Å². The number of pyridine rings is 2. The molecule has 6 nitrogen and oxygen atoms in total. The van der Waals surface area contributed by atoms with E-state index >= 15 is 0 Å². The lowest BCUT2D eigenvalue weighted by Gasteiger charge is -2.13. The fourth-order valence-corrected chi connectivity index (χ4v) is 3.71. The number of para-hydroxylation sites is 1. The summed E-state index contributed by atoms with van der Waals surface area (Å²) in [7, 11) is 1.68. The average molecular weight is 515 g/mol. The smallest absolute Gasteiger partial charge is 0.118 e. The van der Waals surface area contributed by atoms with E-state index < -0.39 is 0 Å². The molecule has 2 aromatic carbocycles. The number of methoxy groups -OCH3 is 1. The normalized spacial score (nSPS) is 10.2. The molecular weight excluding hydrogens is 481 g/mol. The summed E-state index contributed by atoms with van der Waals surface area (Å²) in [6.07, 6.45) is 5.74. The minimum atomic E-state index is 0. The first kappa shape index (κ1) is 28.2. The molecule has 0 amide bonds. The van der Waals surface area contributed by atoms with Crippen LogP contribution in [0.1, 0.15) is 12.8 Å². The average Bonchev–Trinajstić information content (AvgIpc) is 2.88. The maximum atomic E-state index is 5.28. The Hall–Kier alpha value is -3.06. The van der Waals surface area contributed by atoms with Crippen LogP contribution >= 0.6 is 24.8 Å². The minimum absolute atomic E-state index is 0. The summed E-state index contributed by atoms with van der Waals surface area (Å²) in [6, 6.07) is 22.4. The Balaban J connectivity index is 0.00000216. The van der Waals surface area contributed by atoms with Crippen molar-refractivity contribution in [2.24, 2.45) is 0 Å². The predicted molar refractivity (Wildman–Crippen MR) is 152 cm³/mol. The number of ether oxygens (including phenoxy) is 1. The van der Waals surface area contributed by atoms with Gasteiger partial charge in [0.15, 0.2) is 0 Å². The van der Waals surface area contributed by atoms with Gasteiger partial charge >= 0.3 is 0 Å². The Morgan fingerprint density at radius 1 is 0.771 bits per heavy atom. The van der Waals surface area contributed by atoms with Crippen molar-refractivity contribution in [1.82, 2.24) is 15.3 Å². The number of halogens is 2. The van der Waals surface area contributed by atoms with Crippen molar-refractivity contribution in [2.45, 2.75) is 12.8 Å². The fraction of sp³-hybridized carbons (Fsp3) is 0.259. The monoisotopic (exact) mass is 513 g/mol. The number of nitrogens with one attached hydrogen (secondary N) is 3. The molecule has 4 aromatic rings. The van der Waals surface area contributed by atoms with Crippen molar-refractivity contribution in [3.8, 4) is 17.0 Å². The molecule has 0 aliphatic carbocycles. The predicted octanol–water partition coefficient (Wildman–Crippen LogP) is 6.04. The summed E-state index contributed by atoms with van der Waals surface area (Å²) < 4.78 is 5.28. The number of anilines is 2. The highest BCUT2D eigenvalue weighted by atomic mass is 35.5. The van der Waals surface area contributed by atoms with Gasteiger partial charge in [0.2, 0.25) is 0 Å². The van der Waals surface area contributed by atoms with Crippen molar-refractivity contribution in [2.75, 3.05) is 43.9 Å². The number of benzene rings is 2. The highest BCUT2D eigenvalue weighted by Gasteiger charge is 2.07. The van der Waals surface area contributed by atoms with Gasteiger partial charge < -0.3 is 20.7 Å². The van der Waals surface area contributed by atoms with Gasteiger partial charge in [0, 0.05) is 47.8 Å². The Morgan fingerprint density at radius 2 is 1.46 bits per heavy atom. The molecule has 0 unspecified atom stereocenters. The second-order valence-electron chi connectivity index (χ2n) is 7.85. The van der Waals surface area contributed by atoms with E-state index in [0.717, 1.165) is 78.3 Å². The van der Waals surface area contributed by atoms with Gasteiger partial charge in [-0.15, -0.1) is 24.8 Å². The van der Waals surface area contributed by atoms with E-state index in [1.807, 2.05) is 42.5 Å². The van der Waals surface area contributed by atoms with Crippen LogP contribution in [0.3, 0.4) is 0 Å². The Labute approximate surface area is 219 Å². The second-order valence-corrected chi connectivity index (χ2v) is 7.85. The van der Waals surface area contributed by atoms with Gasteiger partial charge in [-0.25, -0.2) is 4.98 Å². The lowest BCUT2D eigenvalue weighted by atomic mass is 10.1. The van der Waals surface area contributed by atoms with Crippen LogP contribution in [0.5, 0.6) is 5.75 Å². The van der Waals surface area contributed by atoms with E-state index in [2.05, 4.69) is 45.2 Å². The van der Waals surface area contributed by atoms with Crippen LogP contribution in [0, 0.1) is 0 Å². The molecule has 35 heavy (non-hydrogen) atoms. The Bertz CT molecular complexity index is 1140. The van der Waals surface area contributed by atoms with Crippen LogP contribution in [-0.4, -0.2) is 43.3 Å². The topological polar surface area (TPSA) is 71.1 Å². The van der Waals surface area contributed by atoms with E-state index in [-0.39, 0.29) is 24.8 Å². The molecule has 186 valence electrons. The van der Waals surface area contributed by atoms with Crippen LogP contribution < -0.4 is 20.7 Å². The molecule has 2 heterocycles. The lowest BCUT2D eigenvalue weighted by Crippen LogP contribution is -2.21. The van der Waals surface area contributed by atoms with Gasteiger partial charge in [0.05, 0.1) is 18.3 Å². The molecule has 2 aromatic heterocycles. The van der Waals surface area contributed by atoms with E-state index in [4.69, 9.17) is 9.72 Å². The van der Waals surface area contributed by atoms with Gasteiger partial charge in [-0.3, -0.25) is 4.98 Å². The van der Waals surface area contributed by atoms with Crippen LogP contribution in [0.4, 0.5) is 11.4 Å². The van der Waals surface area contributed by atoms with E-state index in [0.29, 0.717) is 0 Å². The van der Waals surface area contributed by atoms with Crippen molar-refractivity contribution >= 4 is 47.1 Å². The first-order chi connectivity index (χ1) is 16.3. The largest absolute Gasteiger partial charge is 0.497 e. The number of hydrogen-bond donors (Lipinski definition) is 3. The molecule has 0 bridgehead atoms. The molecule has 3 N–H and O–H groups in total. The van der Waals surface area contributed by atoms with Gasteiger partial charge in [0.25, 0.3) is 0 Å². The second kappa shape index (κ2) is 15.0. The zero-order chi connectivity index (χ0) is 22.7. The number of nitrogens with zero attached hydrogens (tertiary/aromatic N) is 2. The molecule has 0 saturated heterocycles. The summed E-state index contributed by atoms with van der Waals surface area (Å²) in [6.45, 7) is 3.83. The molecule has 0 aliphatic rings. The van der Waals surface area contributed by atoms with E-state index in [9.17, 15) is 0 Å². The SMILES string of the molecule is COc1ccc(-c2cc(NCCCNCCCNc3ccncc3)c3ccccc3n2)cc1.Cl.Cl. The highest BCUT2D eigenvalue weighted by Crippen LogP contribution is 2.29. The van der Waals surface area contributed by atoms with Crippen molar-refractivity contribution < 1.29 is 4.74 Å². The molecule has 4 rings (SSSR count). The lowest BCUT2D eigenvalue weighted by molar-refractivity contribution is 0.415. The zero-order valence-corrected chi connectivity index (χ0v) is 21.5. The molecular formula is C27H33Cl2N5O. The summed E-state index contributed by atoms with van der Waals surface area (Å²) in [5, 5.41) is 11.7. The first-order valence-corrected chi connectivity index (χ1v) is 11.5. The fourth-order valence-electron chi connectivity index (χ4n) is 3.71. The summed E-state index contributed by atoms with van der Waals surface area (Å²) in [5.41, 5.74) is 5.26. The summed E-state index contributed by atoms with van der Waals surface area (Å²) >= 11 is 0. The van der Waals surface area contributed by atoms with Crippen LogP contribution in [-0.2, 0) is 0 Å². The van der Waals surface area contributed by atoms with Gasteiger partial charge in [-0.1, -0.05) is 18.2 Å². The van der Waals surface area contributed by atoms with Gasteiger partial charge in [0.1, 0.15) is 5.75 Å². The molecule has 0 radical (unpaired) electrons. The van der Waals surface area contributed by atoms with Crippen molar-refractivity contribution in [3.63, 3.8) is 0 Å². The molecule has 0 aliphatic heterocycles. The van der Waals surface area contributed by atoms with Crippen LogP contribution in [0.25, 0.3) is 22.2 Å². The number of fused-ring (bicyclic) bond motifs is 1. The first-order valence-electron chi connectivity index (χ1n) is 11.5. The van der Waals surface area contributed by atoms with Crippen molar-refractivity contribution in [3.05, 3.63) is 79.1 Å². The maximum absolute atomic E-state index is 5.28. The molecule has 0 saturated carbocycles. The summed E-state index contributed by atoms with van der Waals surface area (Å²) in [5.74, 6) is 0.846. The quantitative estimate of drug-likeness (QED) is 0.200. The third kappa shape index (κ3) is 8.28.